The largest absolute Gasteiger partial charge is 0.417 e. The second kappa shape index (κ2) is 4.98. The summed E-state index contributed by atoms with van der Waals surface area (Å²) in [6.45, 7) is 0. The highest BCUT2D eigenvalue weighted by atomic mass is 19.4. The molecule has 3 N–H and O–H groups in total. The van der Waals surface area contributed by atoms with E-state index in [1.807, 2.05) is 0 Å². The predicted molar refractivity (Wildman–Crippen MR) is 70.2 cm³/mol. The lowest BCUT2D eigenvalue weighted by atomic mass is 9.72. The number of hydrogen-bond acceptors (Lipinski definition) is 3. The molecule has 1 heterocycles. The van der Waals surface area contributed by atoms with E-state index in [1.54, 1.807) is 0 Å². The summed E-state index contributed by atoms with van der Waals surface area (Å²) in [5, 5.41) is 2.54. The van der Waals surface area contributed by atoms with Crippen molar-refractivity contribution in [2.24, 2.45) is 23.5 Å². The van der Waals surface area contributed by atoms with Crippen LogP contribution in [0.5, 0.6) is 0 Å². The van der Waals surface area contributed by atoms with Gasteiger partial charge in [-0.3, -0.25) is 9.78 Å². The van der Waals surface area contributed by atoms with Crippen LogP contribution in [0.4, 0.5) is 18.9 Å². The van der Waals surface area contributed by atoms with Crippen LogP contribution in [0, 0.1) is 17.8 Å². The van der Waals surface area contributed by atoms with E-state index in [-0.39, 0.29) is 23.6 Å². The molecule has 0 radical (unpaired) electrons. The molecule has 0 aliphatic heterocycles. The fourth-order valence-corrected chi connectivity index (χ4v) is 3.40. The molecule has 4 atom stereocenters. The zero-order chi connectivity index (χ0) is 15.2. The summed E-state index contributed by atoms with van der Waals surface area (Å²) in [4.78, 5) is 15.7. The number of halogens is 3. The number of rotatable bonds is 2. The number of nitrogens with one attached hydrogen (secondary N) is 1. The number of fused-ring (bicyclic) bond motifs is 1. The van der Waals surface area contributed by atoms with Crippen molar-refractivity contribution >= 4 is 11.6 Å². The Hall–Kier alpha value is -1.63. The SMILES string of the molecule is N[C@@H]1C[C@@H]2CC(C(=O)Nc3cncc(C(F)(F)F)c3)C[C@@H]21. The lowest BCUT2D eigenvalue weighted by Gasteiger charge is -2.37. The van der Waals surface area contributed by atoms with Gasteiger partial charge in [-0.05, 0) is 37.2 Å². The predicted octanol–water partition coefficient (Wildman–Crippen LogP) is 2.41. The van der Waals surface area contributed by atoms with Crippen molar-refractivity contribution in [1.29, 1.82) is 0 Å². The molecule has 21 heavy (non-hydrogen) atoms. The Morgan fingerprint density at radius 3 is 2.67 bits per heavy atom. The van der Waals surface area contributed by atoms with E-state index in [4.69, 9.17) is 5.73 Å². The van der Waals surface area contributed by atoms with Crippen LogP contribution in [0.3, 0.4) is 0 Å². The molecular formula is C14H16F3N3O. The number of amides is 1. The molecule has 2 fully saturated rings. The van der Waals surface area contributed by atoms with Gasteiger partial charge in [0, 0.05) is 18.2 Å². The van der Waals surface area contributed by atoms with Crippen molar-refractivity contribution in [2.75, 3.05) is 5.32 Å². The van der Waals surface area contributed by atoms with Crippen LogP contribution >= 0.6 is 0 Å². The number of alkyl halides is 3. The van der Waals surface area contributed by atoms with Gasteiger partial charge >= 0.3 is 6.18 Å². The first kappa shape index (κ1) is 14.3. The molecule has 0 spiro atoms. The van der Waals surface area contributed by atoms with Gasteiger partial charge in [0.2, 0.25) is 5.91 Å². The van der Waals surface area contributed by atoms with Crippen LogP contribution in [-0.4, -0.2) is 16.9 Å². The normalized spacial score (nSPS) is 31.4. The fraction of sp³-hybridized carbons (Fsp3) is 0.571. The van der Waals surface area contributed by atoms with E-state index in [2.05, 4.69) is 10.3 Å². The van der Waals surface area contributed by atoms with E-state index in [9.17, 15) is 18.0 Å². The summed E-state index contributed by atoms with van der Waals surface area (Å²) in [5.41, 5.74) is 5.09. The molecule has 1 aromatic rings. The number of nitrogens with two attached hydrogens (primary N) is 1. The van der Waals surface area contributed by atoms with Crippen LogP contribution in [0.25, 0.3) is 0 Å². The maximum Gasteiger partial charge on any atom is 0.417 e. The quantitative estimate of drug-likeness (QED) is 0.881. The lowest BCUT2D eigenvalue weighted by molar-refractivity contribution is -0.137. The van der Waals surface area contributed by atoms with E-state index < -0.39 is 11.7 Å². The van der Waals surface area contributed by atoms with Crippen molar-refractivity contribution in [2.45, 2.75) is 31.5 Å². The van der Waals surface area contributed by atoms with Crippen molar-refractivity contribution in [3.63, 3.8) is 0 Å². The Bertz CT molecular complexity index is 561. The molecule has 2 saturated carbocycles. The van der Waals surface area contributed by atoms with Gasteiger partial charge < -0.3 is 11.1 Å². The highest BCUT2D eigenvalue weighted by Gasteiger charge is 2.47. The molecule has 2 aliphatic rings. The number of aromatic nitrogens is 1. The van der Waals surface area contributed by atoms with Crippen LogP contribution in [0.1, 0.15) is 24.8 Å². The Labute approximate surface area is 119 Å². The second-order valence-electron chi connectivity index (χ2n) is 5.94. The molecule has 1 unspecified atom stereocenters. The van der Waals surface area contributed by atoms with Crippen LogP contribution < -0.4 is 11.1 Å². The van der Waals surface area contributed by atoms with Gasteiger partial charge in [0.25, 0.3) is 0 Å². The highest BCUT2D eigenvalue weighted by molar-refractivity contribution is 5.92. The van der Waals surface area contributed by atoms with Gasteiger partial charge in [-0.15, -0.1) is 0 Å². The number of pyridine rings is 1. The Balaban J connectivity index is 1.65. The van der Waals surface area contributed by atoms with Crippen LogP contribution in [0.15, 0.2) is 18.5 Å². The molecule has 4 nitrogen and oxygen atoms in total. The van der Waals surface area contributed by atoms with Gasteiger partial charge in [0.1, 0.15) is 0 Å². The van der Waals surface area contributed by atoms with Crippen molar-refractivity contribution < 1.29 is 18.0 Å². The molecule has 0 aromatic carbocycles. The minimum absolute atomic E-state index is 0.0818. The zero-order valence-corrected chi connectivity index (χ0v) is 11.2. The number of carbonyl (C=O) groups excluding carboxylic acids is 1. The van der Waals surface area contributed by atoms with E-state index in [1.165, 1.54) is 6.20 Å². The summed E-state index contributed by atoms with van der Waals surface area (Å²) >= 11 is 0. The number of nitrogens with zero attached hydrogens (tertiary/aromatic N) is 1. The monoisotopic (exact) mass is 299 g/mol. The third-order valence-electron chi connectivity index (χ3n) is 4.58. The molecule has 3 rings (SSSR count). The zero-order valence-electron chi connectivity index (χ0n) is 11.2. The van der Waals surface area contributed by atoms with Crippen LogP contribution in [0.2, 0.25) is 0 Å². The average Bonchev–Trinajstić information content (AvgIpc) is 2.75. The summed E-state index contributed by atoms with van der Waals surface area (Å²) in [5.74, 6) is 0.483. The van der Waals surface area contributed by atoms with Gasteiger partial charge in [0.15, 0.2) is 0 Å². The van der Waals surface area contributed by atoms with Crippen molar-refractivity contribution in [1.82, 2.24) is 4.98 Å². The third-order valence-corrected chi connectivity index (χ3v) is 4.58. The van der Waals surface area contributed by atoms with E-state index in [0.29, 0.717) is 11.8 Å². The third kappa shape index (κ3) is 2.74. The van der Waals surface area contributed by atoms with Crippen molar-refractivity contribution in [3.8, 4) is 0 Å². The molecule has 114 valence electrons. The molecule has 0 bridgehead atoms. The Morgan fingerprint density at radius 1 is 1.29 bits per heavy atom. The average molecular weight is 299 g/mol. The number of carbonyl (C=O) groups is 1. The molecule has 2 aliphatic carbocycles. The molecule has 1 aromatic heterocycles. The van der Waals surface area contributed by atoms with Gasteiger partial charge in [-0.25, -0.2) is 0 Å². The summed E-state index contributed by atoms with van der Waals surface area (Å²) in [6.07, 6.45) is -0.0555. The van der Waals surface area contributed by atoms with E-state index in [0.717, 1.165) is 31.5 Å². The van der Waals surface area contributed by atoms with Gasteiger partial charge in [-0.2, -0.15) is 13.2 Å². The van der Waals surface area contributed by atoms with Gasteiger partial charge in [-0.1, -0.05) is 0 Å². The summed E-state index contributed by atoms with van der Waals surface area (Å²) < 4.78 is 37.8. The van der Waals surface area contributed by atoms with Gasteiger partial charge in [0.05, 0.1) is 17.4 Å². The first-order valence-electron chi connectivity index (χ1n) is 6.93. The fourth-order valence-electron chi connectivity index (χ4n) is 3.40. The Kier molecular flexibility index (Phi) is 3.39. The van der Waals surface area contributed by atoms with E-state index >= 15 is 0 Å². The minimum atomic E-state index is -4.47. The first-order valence-corrected chi connectivity index (χ1v) is 6.93. The first-order chi connectivity index (χ1) is 9.84. The maximum absolute atomic E-state index is 12.6. The number of hydrogen-bond donors (Lipinski definition) is 2. The second-order valence-corrected chi connectivity index (χ2v) is 5.94. The summed E-state index contributed by atoms with van der Waals surface area (Å²) in [6, 6.07) is 1.07. The molecule has 7 heteroatoms. The highest BCUT2D eigenvalue weighted by Crippen LogP contribution is 2.49. The topological polar surface area (TPSA) is 68.0 Å². The maximum atomic E-state index is 12.6. The van der Waals surface area contributed by atoms with Crippen molar-refractivity contribution in [3.05, 3.63) is 24.0 Å². The molecule has 0 saturated heterocycles. The standard InChI is InChI=1S/C14H16F3N3O/c15-14(16,17)9-4-10(6-19-5-9)20-13(21)8-1-7-3-12(18)11(7)2-8/h4-8,11-12H,1-3,18H2,(H,20,21)/t7-,8?,11-,12+/m0/s1. The minimum Gasteiger partial charge on any atom is -0.327 e. The lowest BCUT2D eigenvalue weighted by Crippen LogP contribution is -2.44. The Morgan fingerprint density at radius 2 is 2.05 bits per heavy atom. The number of anilines is 1. The van der Waals surface area contributed by atoms with Crippen LogP contribution in [-0.2, 0) is 11.0 Å². The molecular weight excluding hydrogens is 283 g/mol. The summed E-state index contributed by atoms with van der Waals surface area (Å²) in [7, 11) is 0. The molecule has 1 amide bonds. The smallest absolute Gasteiger partial charge is 0.327 e.